The number of benzene rings is 2. The van der Waals surface area contributed by atoms with E-state index >= 15 is 0 Å². The average Bonchev–Trinajstić information content (AvgIpc) is 3.17. The van der Waals surface area contributed by atoms with E-state index in [2.05, 4.69) is 33.8 Å². The van der Waals surface area contributed by atoms with E-state index in [1.807, 2.05) is 41.0 Å². The maximum atomic E-state index is 13.1. The third kappa shape index (κ3) is 5.55. The molecule has 0 unspecified atom stereocenters. The summed E-state index contributed by atoms with van der Waals surface area (Å²) in [6.07, 6.45) is 1.59. The summed E-state index contributed by atoms with van der Waals surface area (Å²) in [5.74, 6) is 1.53. The molecular weight excluding hydrogens is 478 g/mol. The second-order valence-electron chi connectivity index (χ2n) is 7.94. The minimum Gasteiger partial charge on any atom is -0.305 e. The highest BCUT2D eigenvalue weighted by molar-refractivity contribution is 7.98. The first-order valence-electron chi connectivity index (χ1n) is 10.5. The Balaban J connectivity index is 1.55. The molecular formula is C23H24ClN5O2S2. The number of rotatable bonds is 9. The number of nitrogens with one attached hydrogen (secondary N) is 1. The lowest BCUT2D eigenvalue weighted by atomic mass is 10.2. The van der Waals surface area contributed by atoms with Gasteiger partial charge in [-0.2, -0.15) is 0 Å². The number of hydrogen-bond acceptors (Lipinski definition) is 6. The summed E-state index contributed by atoms with van der Waals surface area (Å²) >= 11 is 7.81. The van der Waals surface area contributed by atoms with Crippen LogP contribution in [0.25, 0.3) is 10.9 Å². The molecule has 172 valence electrons. The Labute approximate surface area is 202 Å². The van der Waals surface area contributed by atoms with Crippen molar-refractivity contribution in [3.05, 3.63) is 77.2 Å². The van der Waals surface area contributed by atoms with Gasteiger partial charge >= 0.3 is 0 Å². The van der Waals surface area contributed by atoms with Crippen LogP contribution in [0.4, 0.5) is 0 Å². The van der Waals surface area contributed by atoms with Gasteiger partial charge in [0.05, 0.1) is 12.1 Å². The molecule has 0 aliphatic carbocycles. The molecule has 0 bridgehead atoms. The highest BCUT2D eigenvalue weighted by Gasteiger charge is 2.21. The topological polar surface area (TPSA) is 89.8 Å². The zero-order valence-electron chi connectivity index (χ0n) is 18.3. The number of hydrogen-bond donors (Lipinski definition) is 1. The molecule has 0 aliphatic rings. The highest BCUT2D eigenvalue weighted by Crippen LogP contribution is 2.27. The summed E-state index contributed by atoms with van der Waals surface area (Å²) in [5, 5.41) is 10.8. The van der Waals surface area contributed by atoms with Crippen molar-refractivity contribution < 1.29 is 8.42 Å². The smallest absolute Gasteiger partial charge is 0.243 e. The van der Waals surface area contributed by atoms with Crippen LogP contribution in [-0.2, 0) is 28.9 Å². The van der Waals surface area contributed by atoms with Crippen LogP contribution in [0, 0.1) is 5.92 Å². The highest BCUT2D eigenvalue weighted by atomic mass is 35.5. The Morgan fingerprint density at radius 1 is 1.06 bits per heavy atom. The summed E-state index contributed by atoms with van der Waals surface area (Å²) in [6, 6.07) is 16.4. The fraction of sp³-hybridized carbons (Fsp3) is 0.261. The van der Waals surface area contributed by atoms with Crippen molar-refractivity contribution >= 4 is 44.3 Å². The van der Waals surface area contributed by atoms with E-state index in [9.17, 15) is 8.42 Å². The molecule has 33 heavy (non-hydrogen) atoms. The molecule has 4 rings (SSSR count). The molecule has 0 fully saturated rings. The zero-order chi connectivity index (χ0) is 23.4. The molecule has 0 saturated heterocycles. The van der Waals surface area contributed by atoms with Gasteiger partial charge in [-0.3, -0.25) is 4.98 Å². The first-order chi connectivity index (χ1) is 15.8. The minimum absolute atomic E-state index is 0.0257. The van der Waals surface area contributed by atoms with Gasteiger partial charge in [-0.25, -0.2) is 13.1 Å². The van der Waals surface area contributed by atoms with Crippen LogP contribution >= 0.6 is 23.4 Å². The summed E-state index contributed by atoms with van der Waals surface area (Å²) in [7, 11) is -3.80. The van der Waals surface area contributed by atoms with Gasteiger partial charge in [-0.1, -0.05) is 73.6 Å². The van der Waals surface area contributed by atoms with Gasteiger partial charge in [0, 0.05) is 28.9 Å². The fourth-order valence-corrected chi connectivity index (χ4v) is 5.80. The lowest BCUT2D eigenvalue weighted by molar-refractivity contribution is 0.476. The van der Waals surface area contributed by atoms with Gasteiger partial charge < -0.3 is 4.57 Å². The van der Waals surface area contributed by atoms with Gasteiger partial charge in [0.25, 0.3) is 0 Å². The molecule has 0 radical (unpaired) electrons. The predicted octanol–water partition coefficient (Wildman–Crippen LogP) is 4.91. The Bertz CT molecular complexity index is 1370. The number of nitrogens with zero attached hydrogens (tertiary/aromatic N) is 4. The SMILES string of the molecule is CC(C)Cn1c(CNS(=O)(=O)c2cccc3cccnc23)nnc1SCc1ccccc1Cl. The van der Waals surface area contributed by atoms with Gasteiger partial charge in [0.15, 0.2) is 5.16 Å². The van der Waals surface area contributed by atoms with Crippen LogP contribution in [0.1, 0.15) is 25.2 Å². The molecule has 2 aromatic heterocycles. The zero-order valence-corrected chi connectivity index (χ0v) is 20.7. The lowest BCUT2D eigenvalue weighted by Crippen LogP contribution is -2.26. The lowest BCUT2D eigenvalue weighted by Gasteiger charge is -2.13. The van der Waals surface area contributed by atoms with Crippen LogP contribution in [0.15, 0.2) is 70.8 Å². The van der Waals surface area contributed by atoms with Crippen molar-refractivity contribution in [2.45, 2.75) is 42.7 Å². The largest absolute Gasteiger partial charge is 0.305 e. The van der Waals surface area contributed by atoms with E-state index in [4.69, 9.17) is 11.6 Å². The maximum Gasteiger partial charge on any atom is 0.243 e. The minimum atomic E-state index is -3.80. The number of pyridine rings is 1. The maximum absolute atomic E-state index is 13.1. The quantitative estimate of drug-likeness (QED) is 0.328. The van der Waals surface area contributed by atoms with E-state index in [0.717, 1.165) is 16.1 Å². The molecule has 1 N–H and O–H groups in total. The van der Waals surface area contributed by atoms with Gasteiger partial charge in [-0.15, -0.1) is 10.2 Å². The van der Waals surface area contributed by atoms with Gasteiger partial charge in [0.1, 0.15) is 10.7 Å². The molecule has 4 aromatic rings. The van der Waals surface area contributed by atoms with E-state index < -0.39 is 10.0 Å². The second kappa shape index (κ2) is 10.2. The average molecular weight is 502 g/mol. The van der Waals surface area contributed by atoms with Gasteiger partial charge in [-0.05, 0) is 29.7 Å². The van der Waals surface area contributed by atoms with E-state index in [0.29, 0.717) is 34.6 Å². The number of fused-ring (bicyclic) bond motifs is 1. The Morgan fingerprint density at radius 3 is 2.64 bits per heavy atom. The van der Waals surface area contributed by atoms with Gasteiger partial charge in [0.2, 0.25) is 10.0 Å². The summed E-state index contributed by atoms with van der Waals surface area (Å²) < 4.78 is 30.8. The predicted molar refractivity (Wildman–Crippen MR) is 132 cm³/mol. The first kappa shape index (κ1) is 23.7. The van der Waals surface area contributed by atoms with Crippen molar-refractivity contribution in [2.75, 3.05) is 0 Å². The molecule has 2 heterocycles. The van der Waals surface area contributed by atoms with E-state index in [-0.39, 0.29) is 11.4 Å². The third-order valence-corrected chi connectivity index (χ3v) is 7.78. The molecule has 0 atom stereocenters. The summed E-state index contributed by atoms with van der Waals surface area (Å²) in [5.41, 5.74) is 1.45. The van der Waals surface area contributed by atoms with Crippen LogP contribution < -0.4 is 4.72 Å². The normalized spacial score (nSPS) is 12.0. The van der Waals surface area contributed by atoms with Crippen molar-refractivity contribution in [1.82, 2.24) is 24.5 Å². The third-order valence-electron chi connectivity index (χ3n) is 4.96. The van der Waals surface area contributed by atoms with E-state index in [1.165, 1.54) is 11.8 Å². The molecule has 0 spiro atoms. The van der Waals surface area contributed by atoms with Crippen LogP contribution in [0.2, 0.25) is 5.02 Å². The van der Waals surface area contributed by atoms with E-state index in [1.54, 1.807) is 24.4 Å². The number of aromatic nitrogens is 4. The second-order valence-corrected chi connectivity index (χ2v) is 11.0. The standard InChI is InChI=1S/C23H24ClN5O2S2/c1-16(2)14-29-21(27-28-23(29)32-15-18-7-3-4-10-19(18)24)13-26-33(30,31)20-11-5-8-17-9-6-12-25-22(17)20/h3-12,16,26H,13-15H2,1-2H3. The Hall–Kier alpha value is -2.46. The fourth-order valence-electron chi connectivity index (χ4n) is 3.39. The Kier molecular flexibility index (Phi) is 7.33. The number of thioether (sulfide) groups is 1. The van der Waals surface area contributed by atoms with Crippen molar-refractivity contribution in [1.29, 1.82) is 0 Å². The summed E-state index contributed by atoms with van der Waals surface area (Å²) in [4.78, 5) is 4.40. The first-order valence-corrected chi connectivity index (χ1v) is 13.3. The summed E-state index contributed by atoms with van der Waals surface area (Å²) in [6.45, 7) is 4.89. The van der Waals surface area contributed by atoms with Crippen LogP contribution in [0.3, 0.4) is 0 Å². The molecule has 0 saturated carbocycles. The molecule has 2 aromatic carbocycles. The van der Waals surface area contributed by atoms with Crippen molar-refractivity contribution in [2.24, 2.45) is 5.92 Å². The molecule has 10 heteroatoms. The van der Waals surface area contributed by atoms with Crippen molar-refractivity contribution in [3.63, 3.8) is 0 Å². The number of sulfonamides is 1. The van der Waals surface area contributed by atoms with Crippen LogP contribution in [0.5, 0.6) is 0 Å². The van der Waals surface area contributed by atoms with Crippen LogP contribution in [-0.4, -0.2) is 28.2 Å². The van der Waals surface area contributed by atoms with Crippen molar-refractivity contribution in [3.8, 4) is 0 Å². The molecule has 7 nitrogen and oxygen atoms in total. The molecule has 0 aliphatic heterocycles. The number of para-hydroxylation sites is 1. The molecule has 0 amide bonds. The monoisotopic (exact) mass is 501 g/mol. The number of halogens is 1. The Morgan fingerprint density at radius 2 is 1.85 bits per heavy atom.